The topological polar surface area (TPSA) is 76.3 Å². The summed E-state index contributed by atoms with van der Waals surface area (Å²) in [4.78, 5) is 30.1. The molecule has 28 heavy (non-hydrogen) atoms. The van der Waals surface area contributed by atoms with Crippen molar-refractivity contribution in [3.63, 3.8) is 0 Å². The number of hydrogen-bond acceptors (Lipinski definition) is 4. The number of hydrogen-bond donors (Lipinski definition) is 0. The lowest BCUT2D eigenvalue weighted by Gasteiger charge is -2.41. The molecule has 0 N–H and O–H groups in total. The van der Waals surface area contributed by atoms with E-state index in [2.05, 4.69) is 24.0 Å². The van der Waals surface area contributed by atoms with Crippen LogP contribution >= 0.6 is 0 Å². The third-order valence-electron chi connectivity index (χ3n) is 6.20. The number of likely N-dealkylation sites (tertiary alicyclic amines) is 2. The van der Waals surface area contributed by atoms with E-state index in [1.54, 1.807) is 30.2 Å². The van der Waals surface area contributed by atoms with E-state index in [0.717, 1.165) is 25.1 Å². The highest BCUT2D eigenvalue weighted by Gasteiger charge is 2.56. The third-order valence-corrected chi connectivity index (χ3v) is 6.20. The molecule has 2 aliphatic rings. The standard InChI is InChI=1S/C20H28N6O2/c1-14(2)26-17(6-9-21-26)15-12-25(18(27)16-7-11-24(4)22-16)13-20(15)8-5-10-23(3)19(20)28/h6-7,9,11,14-15H,5,8,10,12-13H2,1-4H3/t15-,20+/m0/s1. The first kappa shape index (κ1) is 18.7. The van der Waals surface area contributed by atoms with E-state index >= 15 is 0 Å². The van der Waals surface area contributed by atoms with Gasteiger partial charge in [-0.3, -0.25) is 19.0 Å². The van der Waals surface area contributed by atoms with Gasteiger partial charge in [0.25, 0.3) is 5.91 Å². The summed E-state index contributed by atoms with van der Waals surface area (Å²) in [5, 5.41) is 8.76. The lowest BCUT2D eigenvalue weighted by atomic mass is 9.70. The molecule has 2 aliphatic heterocycles. The molecular weight excluding hydrogens is 356 g/mol. The highest BCUT2D eigenvalue weighted by molar-refractivity contribution is 5.94. The summed E-state index contributed by atoms with van der Waals surface area (Å²) in [5.74, 6) is -0.0454. The van der Waals surface area contributed by atoms with Crippen LogP contribution in [0.3, 0.4) is 0 Å². The van der Waals surface area contributed by atoms with Gasteiger partial charge >= 0.3 is 0 Å². The van der Waals surface area contributed by atoms with Crippen molar-refractivity contribution >= 4 is 11.8 Å². The normalized spacial score (nSPS) is 25.3. The Morgan fingerprint density at radius 1 is 1.29 bits per heavy atom. The summed E-state index contributed by atoms with van der Waals surface area (Å²) >= 11 is 0. The quantitative estimate of drug-likeness (QED) is 0.807. The first-order valence-electron chi connectivity index (χ1n) is 9.91. The molecule has 0 aromatic carbocycles. The second-order valence-electron chi connectivity index (χ2n) is 8.39. The Kier molecular flexibility index (Phi) is 4.51. The Bertz CT molecular complexity index is 900. The number of carbonyl (C=O) groups excluding carboxylic acids is 2. The van der Waals surface area contributed by atoms with Gasteiger partial charge in [0.05, 0.1) is 5.41 Å². The fourth-order valence-corrected chi connectivity index (χ4v) is 4.85. The minimum atomic E-state index is -0.593. The van der Waals surface area contributed by atoms with Crippen LogP contribution < -0.4 is 0 Å². The van der Waals surface area contributed by atoms with Gasteiger partial charge in [-0.2, -0.15) is 10.2 Å². The van der Waals surface area contributed by atoms with Gasteiger partial charge in [-0.25, -0.2) is 0 Å². The molecule has 4 rings (SSSR count). The fourth-order valence-electron chi connectivity index (χ4n) is 4.85. The first-order valence-corrected chi connectivity index (χ1v) is 9.91. The Labute approximate surface area is 165 Å². The molecule has 2 atom stereocenters. The van der Waals surface area contributed by atoms with Crippen molar-refractivity contribution in [1.29, 1.82) is 0 Å². The van der Waals surface area contributed by atoms with Gasteiger partial charge in [-0.15, -0.1) is 0 Å². The maximum atomic E-state index is 13.4. The van der Waals surface area contributed by atoms with Crippen molar-refractivity contribution in [3.8, 4) is 0 Å². The molecule has 2 fully saturated rings. The van der Waals surface area contributed by atoms with E-state index in [9.17, 15) is 9.59 Å². The number of aromatic nitrogens is 4. The second-order valence-corrected chi connectivity index (χ2v) is 8.39. The van der Waals surface area contributed by atoms with Crippen LogP contribution in [0.15, 0.2) is 24.5 Å². The Morgan fingerprint density at radius 2 is 2.07 bits per heavy atom. The monoisotopic (exact) mass is 384 g/mol. The molecule has 2 aromatic rings. The second kappa shape index (κ2) is 6.76. The summed E-state index contributed by atoms with van der Waals surface area (Å²) in [6, 6.07) is 3.93. The predicted molar refractivity (Wildman–Crippen MR) is 104 cm³/mol. The maximum absolute atomic E-state index is 13.4. The molecule has 0 radical (unpaired) electrons. The van der Waals surface area contributed by atoms with Crippen LogP contribution in [0, 0.1) is 5.41 Å². The van der Waals surface area contributed by atoms with Gasteiger partial charge in [0.2, 0.25) is 5.91 Å². The molecule has 0 aliphatic carbocycles. The smallest absolute Gasteiger partial charge is 0.274 e. The molecule has 1 spiro atoms. The van der Waals surface area contributed by atoms with E-state index in [0.29, 0.717) is 18.8 Å². The van der Waals surface area contributed by atoms with E-state index in [1.807, 2.05) is 27.6 Å². The molecule has 8 nitrogen and oxygen atoms in total. The maximum Gasteiger partial charge on any atom is 0.274 e. The van der Waals surface area contributed by atoms with Crippen molar-refractivity contribution in [2.24, 2.45) is 12.5 Å². The summed E-state index contributed by atoms with van der Waals surface area (Å²) in [6.07, 6.45) is 5.30. The van der Waals surface area contributed by atoms with E-state index in [-0.39, 0.29) is 23.8 Å². The average Bonchev–Trinajstić information content (AvgIpc) is 3.37. The fraction of sp³-hybridized carbons (Fsp3) is 0.600. The van der Waals surface area contributed by atoms with Gasteiger partial charge in [0, 0.05) is 63.8 Å². The van der Waals surface area contributed by atoms with Crippen molar-refractivity contribution in [2.75, 3.05) is 26.7 Å². The van der Waals surface area contributed by atoms with Crippen LogP contribution in [0.1, 0.15) is 54.8 Å². The van der Waals surface area contributed by atoms with Gasteiger partial charge in [0.1, 0.15) is 5.69 Å². The van der Waals surface area contributed by atoms with Gasteiger partial charge < -0.3 is 9.80 Å². The zero-order valence-electron chi connectivity index (χ0n) is 17.0. The van der Waals surface area contributed by atoms with Crippen LogP contribution in [0.2, 0.25) is 0 Å². The minimum Gasteiger partial charge on any atom is -0.345 e. The van der Waals surface area contributed by atoms with E-state index in [1.165, 1.54) is 0 Å². The molecule has 0 saturated carbocycles. The highest BCUT2D eigenvalue weighted by Crippen LogP contribution is 2.49. The van der Waals surface area contributed by atoms with Crippen LogP contribution in [-0.4, -0.2) is 67.9 Å². The zero-order chi connectivity index (χ0) is 20.1. The zero-order valence-corrected chi connectivity index (χ0v) is 17.0. The minimum absolute atomic E-state index is 0.0692. The largest absolute Gasteiger partial charge is 0.345 e. The van der Waals surface area contributed by atoms with Gasteiger partial charge in [-0.1, -0.05) is 0 Å². The molecule has 2 saturated heterocycles. The molecule has 2 amide bonds. The lowest BCUT2D eigenvalue weighted by Crippen LogP contribution is -2.51. The van der Waals surface area contributed by atoms with E-state index in [4.69, 9.17) is 0 Å². The van der Waals surface area contributed by atoms with Crippen molar-refractivity contribution < 1.29 is 9.59 Å². The summed E-state index contributed by atoms with van der Waals surface area (Å²) < 4.78 is 3.62. The molecule has 0 unspecified atom stereocenters. The number of aryl methyl sites for hydroxylation is 1. The van der Waals surface area contributed by atoms with Crippen molar-refractivity contribution in [2.45, 2.75) is 38.6 Å². The lowest BCUT2D eigenvalue weighted by molar-refractivity contribution is -0.144. The molecular formula is C20H28N6O2. The van der Waals surface area contributed by atoms with Crippen LogP contribution in [-0.2, 0) is 11.8 Å². The van der Waals surface area contributed by atoms with Gasteiger partial charge in [-0.05, 0) is 38.8 Å². The van der Waals surface area contributed by atoms with E-state index < -0.39 is 5.41 Å². The molecule has 8 heteroatoms. The van der Waals surface area contributed by atoms with Crippen LogP contribution in [0.25, 0.3) is 0 Å². The third kappa shape index (κ3) is 2.82. The number of rotatable bonds is 3. The first-order chi connectivity index (χ1) is 13.3. The SMILES string of the molecule is CC(C)n1nccc1[C@@H]1CN(C(=O)c2ccn(C)n2)C[C@]12CCCN(C)C2=O. The van der Waals surface area contributed by atoms with Crippen LogP contribution in [0.5, 0.6) is 0 Å². The Hall–Kier alpha value is -2.64. The molecule has 4 heterocycles. The summed E-state index contributed by atoms with van der Waals surface area (Å²) in [6.45, 7) is 5.88. The Morgan fingerprint density at radius 3 is 2.75 bits per heavy atom. The molecule has 0 bridgehead atoms. The van der Waals surface area contributed by atoms with Gasteiger partial charge in [0.15, 0.2) is 0 Å². The molecule has 2 aromatic heterocycles. The summed E-state index contributed by atoms with van der Waals surface area (Å²) in [5.41, 5.74) is 0.867. The average molecular weight is 384 g/mol. The summed E-state index contributed by atoms with van der Waals surface area (Å²) in [7, 11) is 3.66. The molecule has 150 valence electrons. The number of carbonyl (C=O) groups is 2. The van der Waals surface area contributed by atoms with Crippen LogP contribution in [0.4, 0.5) is 0 Å². The Balaban J connectivity index is 1.74. The number of amides is 2. The highest BCUT2D eigenvalue weighted by atomic mass is 16.2. The van der Waals surface area contributed by atoms with Crippen molar-refractivity contribution in [3.05, 3.63) is 35.9 Å². The van der Waals surface area contributed by atoms with Crippen molar-refractivity contribution in [1.82, 2.24) is 29.4 Å². The predicted octanol–water partition coefficient (Wildman–Crippen LogP) is 1.68. The number of nitrogens with zero attached hydrogens (tertiary/aromatic N) is 6. The number of piperidine rings is 1.